The first-order chi connectivity index (χ1) is 9.93. The first-order valence-corrected chi connectivity index (χ1v) is 7.07. The van der Waals surface area contributed by atoms with E-state index in [1.54, 1.807) is 0 Å². The Morgan fingerprint density at radius 2 is 1.25 bits per heavy atom. The number of fused-ring (bicyclic) bond motifs is 3. The van der Waals surface area contributed by atoms with Crippen LogP contribution in [0.15, 0.2) is 72.8 Å². The van der Waals surface area contributed by atoms with Crippen LogP contribution >= 0.6 is 0 Å². The standard InChI is InChI=1S/C20H15/c1-2-8-15(9-3-1)14-20-18-12-6-4-10-16(18)17-11-5-7-13-19(17)20/h2-13,20H,14H2. The topological polar surface area (TPSA) is 0 Å². The predicted molar refractivity (Wildman–Crippen MR) is 82.7 cm³/mol. The number of benzene rings is 3. The van der Waals surface area contributed by atoms with E-state index < -0.39 is 0 Å². The summed E-state index contributed by atoms with van der Waals surface area (Å²) in [4.78, 5) is 0. The van der Waals surface area contributed by atoms with Crippen LogP contribution in [-0.4, -0.2) is 0 Å². The summed E-state index contributed by atoms with van der Waals surface area (Å²) in [5.41, 5.74) is 7.09. The molecule has 0 saturated heterocycles. The third-order valence-corrected chi connectivity index (χ3v) is 4.19. The van der Waals surface area contributed by atoms with Gasteiger partial charge in [-0.25, -0.2) is 0 Å². The molecule has 3 aromatic carbocycles. The van der Waals surface area contributed by atoms with E-state index in [0.717, 1.165) is 6.42 Å². The van der Waals surface area contributed by atoms with Crippen LogP contribution in [0.3, 0.4) is 0 Å². The third kappa shape index (κ3) is 1.77. The summed E-state index contributed by atoms with van der Waals surface area (Å²) in [5, 5.41) is 0. The van der Waals surface area contributed by atoms with Crippen LogP contribution in [0.4, 0.5) is 0 Å². The van der Waals surface area contributed by atoms with E-state index >= 15 is 0 Å². The Labute approximate surface area is 119 Å². The molecule has 1 aliphatic carbocycles. The summed E-state index contributed by atoms with van der Waals surface area (Å²) in [6, 6.07) is 29.0. The average molecular weight is 255 g/mol. The van der Waals surface area contributed by atoms with E-state index in [-0.39, 0.29) is 0 Å². The molecule has 0 aliphatic heterocycles. The second-order valence-electron chi connectivity index (χ2n) is 5.34. The van der Waals surface area contributed by atoms with E-state index in [1.165, 1.54) is 27.8 Å². The van der Waals surface area contributed by atoms with Gasteiger partial charge in [-0.3, -0.25) is 0 Å². The summed E-state index contributed by atoms with van der Waals surface area (Å²) in [7, 11) is 0. The van der Waals surface area contributed by atoms with Crippen molar-refractivity contribution in [3.63, 3.8) is 0 Å². The van der Waals surface area contributed by atoms with Crippen LogP contribution in [0.2, 0.25) is 0 Å². The molecule has 1 radical (unpaired) electrons. The minimum atomic E-state index is 0.477. The Morgan fingerprint density at radius 1 is 0.700 bits per heavy atom. The monoisotopic (exact) mass is 255 g/mol. The van der Waals surface area contributed by atoms with Crippen molar-refractivity contribution in [2.45, 2.75) is 12.3 Å². The van der Waals surface area contributed by atoms with Crippen molar-refractivity contribution >= 4 is 0 Å². The Balaban J connectivity index is 1.83. The number of hydrogen-bond acceptors (Lipinski definition) is 0. The zero-order chi connectivity index (χ0) is 13.4. The van der Waals surface area contributed by atoms with Gasteiger partial charge in [0.25, 0.3) is 0 Å². The van der Waals surface area contributed by atoms with Gasteiger partial charge >= 0.3 is 0 Å². The first kappa shape index (κ1) is 11.5. The summed E-state index contributed by atoms with van der Waals surface area (Å²) >= 11 is 0. The van der Waals surface area contributed by atoms with Gasteiger partial charge in [-0.15, -0.1) is 0 Å². The fourth-order valence-corrected chi connectivity index (χ4v) is 3.27. The Kier molecular flexibility index (Phi) is 2.67. The van der Waals surface area contributed by atoms with Crippen LogP contribution in [-0.2, 0) is 6.42 Å². The molecule has 0 N–H and O–H groups in total. The highest BCUT2D eigenvalue weighted by Crippen LogP contribution is 2.45. The zero-order valence-corrected chi connectivity index (χ0v) is 11.2. The quantitative estimate of drug-likeness (QED) is 0.614. The van der Waals surface area contributed by atoms with Crippen molar-refractivity contribution < 1.29 is 0 Å². The minimum absolute atomic E-state index is 0.477. The maximum absolute atomic E-state index is 3.10. The van der Waals surface area contributed by atoms with Crippen molar-refractivity contribution in [1.29, 1.82) is 0 Å². The molecule has 3 aromatic rings. The van der Waals surface area contributed by atoms with E-state index in [9.17, 15) is 0 Å². The van der Waals surface area contributed by atoms with Gasteiger partial charge in [0.1, 0.15) is 0 Å². The average Bonchev–Trinajstić information content (AvgIpc) is 2.84. The maximum Gasteiger partial charge on any atom is 0.0142 e. The van der Waals surface area contributed by atoms with Gasteiger partial charge < -0.3 is 0 Å². The normalized spacial score (nSPS) is 13.0. The third-order valence-electron chi connectivity index (χ3n) is 4.19. The molecule has 0 aromatic heterocycles. The molecule has 0 nitrogen and oxygen atoms in total. The van der Waals surface area contributed by atoms with Crippen molar-refractivity contribution in [1.82, 2.24) is 0 Å². The molecule has 0 saturated carbocycles. The lowest BCUT2D eigenvalue weighted by atomic mass is 9.90. The van der Waals surface area contributed by atoms with Crippen LogP contribution in [0.5, 0.6) is 0 Å². The van der Waals surface area contributed by atoms with Gasteiger partial charge in [-0.1, -0.05) is 72.8 Å². The van der Waals surface area contributed by atoms with Crippen molar-refractivity contribution in [3.8, 4) is 11.1 Å². The van der Waals surface area contributed by atoms with E-state index in [2.05, 4.69) is 66.7 Å². The largest absolute Gasteiger partial charge is 0.0619 e. The highest BCUT2D eigenvalue weighted by atomic mass is 14.3. The summed E-state index contributed by atoms with van der Waals surface area (Å²) in [6.45, 7) is 0. The van der Waals surface area contributed by atoms with Crippen LogP contribution in [0.1, 0.15) is 22.6 Å². The lowest BCUT2D eigenvalue weighted by molar-refractivity contribution is 0.827. The highest BCUT2D eigenvalue weighted by Gasteiger charge is 2.27. The van der Waals surface area contributed by atoms with Gasteiger partial charge in [-0.2, -0.15) is 0 Å². The van der Waals surface area contributed by atoms with E-state index in [0.29, 0.717) is 5.92 Å². The Morgan fingerprint density at radius 3 is 1.85 bits per heavy atom. The fraction of sp³-hybridized carbons (Fsp3) is 0.100. The molecule has 1 aliphatic rings. The molecule has 0 unspecified atom stereocenters. The molecule has 0 heteroatoms. The predicted octanol–water partition coefficient (Wildman–Crippen LogP) is 4.84. The minimum Gasteiger partial charge on any atom is -0.0619 e. The SMILES string of the molecule is [c]1ccc(CC2c3ccccc3-c3ccccc32)cc1. The molecule has 0 spiro atoms. The van der Waals surface area contributed by atoms with Gasteiger partial charge in [0.2, 0.25) is 0 Å². The van der Waals surface area contributed by atoms with Crippen LogP contribution in [0, 0.1) is 6.07 Å². The molecule has 20 heavy (non-hydrogen) atoms. The first-order valence-electron chi connectivity index (χ1n) is 7.07. The molecule has 0 bridgehead atoms. The lowest BCUT2D eigenvalue weighted by Crippen LogP contribution is -2.01. The van der Waals surface area contributed by atoms with Gasteiger partial charge in [0, 0.05) is 5.92 Å². The molecule has 4 rings (SSSR count). The van der Waals surface area contributed by atoms with Gasteiger partial charge in [0.05, 0.1) is 0 Å². The van der Waals surface area contributed by atoms with Crippen LogP contribution < -0.4 is 0 Å². The Bertz CT molecular complexity index is 695. The molecule has 95 valence electrons. The smallest absolute Gasteiger partial charge is 0.0142 e. The van der Waals surface area contributed by atoms with Crippen molar-refractivity contribution in [3.05, 3.63) is 95.6 Å². The van der Waals surface area contributed by atoms with Gasteiger partial charge in [-0.05, 0) is 40.3 Å². The van der Waals surface area contributed by atoms with Crippen molar-refractivity contribution in [2.24, 2.45) is 0 Å². The molecular weight excluding hydrogens is 240 g/mol. The van der Waals surface area contributed by atoms with Crippen LogP contribution in [0.25, 0.3) is 11.1 Å². The number of rotatable bonds is 2. The molecule has 0 atom stereocenters. The summed E-state index contributed by atoms with van der Waals surface area (Å²) < 4.78 is 0. The molecule has 0 amide bonds. The molecular formula is C20H15. The number of hydrogen-bond donors (Lipinski definition) is 0. The van der Waals surface area contributed by atoms with Gasteiger partial charge in [0.15, 0.2) is 0 Å². The molecule has 0 heterocycles. The van der Waals surface area contributed by atoms with E-state index in [1.807, 2.05) is 12.1 Å². The zero-order valence-electron chi connectivity index (χ0n) is 11.2. The second-order valence-corrected chi connectivity index (χ2v) is 5.34. The maximum atomic E-state index is 3.10. The highest BCUT2D eigenvalue weighted by molar-refractivity contribution is 5.78. The molecule has 0 fully saturated rings. The van der Waals surface area contributed by atoms with Crippen molar-refractivity contribution in [2.75, 3.05) is 0 Å². The summed E-state index contributed by atoms with van der Waals surface area (Å²) in [5.74, 6) is 0.477. The Hall–Kier alpha value is -2.34. The lowest BCUT2D eigenvalue weighted by Gasteiger charge is -2.13. The second kappa shape index (κ2) is 4.64. The summed E-state index contributed by atoms with van der Waals surface area (Å²) in [6.07, 6.45) is 1.06. The van der Waals surface area contributed by atoms with E-state index in [4.69, 9.17) is 0 Å². The fourth-order valence-electron chi connectivity index (χ4n) is 3.27.